The smallest absolute Gasteiger partial charge is 0.224 e. The fraction of sp³-hybridized carbons (Fsp3) is 0.471. The van der Waals surface area contributed by atoms with Crippen molar-refractivity contribution in [2.45, 2.75) is 44.8 Å². The lowest BCUT2D eigenvalue weighted by atomic mass is 9.94. The molecule has 2 N–H and O–H groups in total. The molecule has 21 heavy (non-hydrogen) atoms. The van der Waals surface area contributed by atoms with Gasteiger partial charge in [-0.25, -0.2) is 0 Å². The summed E-state index contributed by atoms with van der Waals surface area (Å²) in [5.41, 5.74) is 1.98. The average molecular weight is 286 g/mol. The third kappa shape index (κ3) is 3.27. The molecule has 0 radical (unpaired) electrons. The molecule has 1 saturated heterocycles. The maximum absolute atomic E-state index is 12.3. The van der Waals surface area contributed by atoms with E-state index in [0.29, 0.717) is 13.0 Å². The van der Waals surface area contributed by atoms with E-state index in [2.05, 4.69) is 24.1 Å². The van der Waals surface area contributed by atoms with Gasteiger partial charge in [0.05, 0.1) is 12.0 Å². The number of aromatic amines is 1. The maximum atomic E-state index is 12.3. The summed E-state index contributed by atoms with van der Waals surface area (Å²) in [6.07, 6.45) is 4.11. The lowest BCUT2D eigenvalue weighted by molar-refractivity contribution is -0.123. The molecule has 4 nitrogen and oxygen atoms in total. The fourth-order valence-corrected chi connectivity index (χ4v) is 3.08. The van der Waals surface area contributed by atoms with Crippen molar-refractivity contribution in [1.29, 1.82) is 0 Å². The summed E-state index contributed by atoms with van der Waals surface area (Å²) < 4.78 is 5.68. The number of H-pyrrole nitrogens is 1. The second-order valence-corrected chi connectivity index (χ2v) is 6.40. The number of aromatic nitrogens is 1. The van der Waals surface area contributed by atoms with E-state index < -0.39 is 0 Å². The first-order chi connectivity index (χ1) is 10.0. The number of nitrogens with one attached hydrogen (secondary N) is 2. The highest BCUT2D eigenvalue weighted by molar-refractivity contribution is 5.88. The minimum absolute atomic E-state index is 0.0856. The highest BCUT2D eigenvalue weighted by atomic mass is 16.5. The zero-order chi connectivity index (χ0) is 14.9. The third-order valence-electron chi connectivity index (χ3n) is 4.09. The zero-order valence-corrected chi connectivity index (χ0v) is 12.6. The van der Waals surface area contributed by atoms with Gasteiger partial charge in [0.2, 0.25) is 5.91 Å². The summed E-state index contributed by atoms with van der Waals surface area (Å²) in [7, 11) is 0. The number of para-hydroxylation sites is 1. The van der Waals surface area contributed by atoms with Crippen molar-refractivity contribution in [3.05, 3.63) is 36.0 Å². The van der Waals surface area contributed by atoms with Crippen molar-refractivity contribution in [3.63, 3.8) is 0 Å². The van der Waals surface area contributed by atoms with Crippen molar-refractivity contribution in [3.8, 4) is 0 Å². The summed E-state index contributed by atoms with van der Waals surface area (Å²) in [6.45, 7) is 4.86. The van der Waals surface area contributed by atoms with Crippen LogP contribution in [-0.4, -0.2) is 29.1 Å². The van der Waals surface area contributed by atoms with Crippen LogP contribution in [0.15, 0.2) is 30.5 Å². The molecular formula is C17H22N2O2. The Kier molecular flexibility index (Phi) is 3.72. The lowest BCUT2D eigenvalue weighted by Gasteiger charge is -2.35. The molecule has 1 aromatic heterocycles. The number of carbonyl (C=O) groups excluding carboxylic acids is 1. The number of carbonyl (C=O) groups is 1. The van der Waals surface area contributed by atoms with E-state index >= 15 is 0 Å². The molecule has 1 aliphatic heterocycles. The molecule has 1 aromatic carbocycles. The van der Waals surface area contributed by atoms with Crippen LogP contribution in [0.2, 0.25) is 0 Å². The maximum Gasteiger partial charge on any atom is 0.224 e. The van der Waals surface area contributed by atoms with Crippen LogP contribution >= 0.6 is 0 Å². The summed E-state index contributed by atoms with van der Waals surface area (Å²) in [5.74, 6) is 0.0856. The van der Waals surface area contributed by atoms with Gasteiger partial charge in [-0.15, -0.1) is 0 Å². The average Bonchev–Trinajstić information content (AvgIpc) is 2.81. The largest absolute Gasteiger partial charge is 0.375 e. The summed E-state index contributed by atoms with van der Waals surface area (Å²) in [4.78, 5) is 15.5. The molecule has 1 aliphatic rings. The van der Waals surface area contributed by atoms with Crippen molar-refractivity contribution in [2.75, 3.05) is 6.61 Å². The van der Waals surface area contributed by atoms with Crippen LogP contribution in [0.5, 0.6) is 0 Å². The molecule has 1 atom stereocenters. The van der Waals surface area contributed by atoms with Gasteiger partial charge in [-0.3, -0.25) is 4.79 Å². The van der Waals surface area contributed by atoms with E-state index in [0.717, 1.165) is 29.3 Å². The minimum Gasteiger partial charge on any atom is -0.375 e. The highest BCUT2D eigenvalue weighted by Crippen LogP contribution is 2.24. The van der Waals surface area contributed by atoms with Gasteiger partial charge in [0.1, 0.15) is 0 Å². The molecule has 2 aromatic rings. The number of fused-ring (bicyclic) bond motifs is 1. The molecule has 0 saturated carbocycles. The number of benzene rings is 1. The summed E-state index contributed by atoms with van der Waals surface area (Å²) in [6, 6.07) is 8.28. The quantitative estimate of drug-likeness (QED) is 0.911. The number of rotatable bonds is 3. The van der Waals surface area contributed by atoms with E-state index in [1.807, 2.05) is 30.5 Å². The molecule has 112 valence electrons. The Balaban J connectivity index is 1.64. The molecule has 0 aliphatic carbocycles. The van der Waals surface area contributed by atoms with Crippen LogP contribution < -0.4 is 5.32 Å². The predicted octanol–water partition coefficient (Wildman–Crippen LogP) is 2.78. The third-order valence-corrected chi connectivity index (χ3v) is 4.09. The first kappa shape index (κ1) is 14.1. The van der Waals surface area contributed by atoms with E-state index in [1.54, 1.807) is 0 Å². The Labute approximate surface area is 124 Å². The standard InChI is InChI=1S/C17H22N2O2/c1-17(2)10-13(7-8-21-17)19-16(20)9-12-11-18-15-6-4-3-5-14(12)15/h3-6,11,13,18H,7-10H2,1-2H3,(H,19,20). The van der Waals surface area contributed by atoms with E-state index in [1.165, 1.54) is 0 Å². The van der Waals surface area contributed by atoms with Gasteiger partial charge in [0, 0.05) is 29.7 Å². The van der Waals surface area contributed by atoms with Crippen LogP contribution in [0.25, 0.3) is 10.9 Å². The SMILES string of the molecule is CC1(C)CC(NC(=O)Cc2c[nH]c3ccccc23)CCO1. The molecule has 4 heteroatoms. The molecule has 1 amide bonds. The summed E-state index contributed by atoms with van der Waals surface area (Å²) >= 11 is 0. The van der Waals surface area contributed by atoms with Crippen molar-refractivity contribution >= 4 is 16.8 Å². The Morgan fingerprint density at radius 1 is 1.43 bits per heavy atom. The fourth-order valence-electron chi connectivity index (χ4n) is 3.08. The Hall–Kier alpha value is -1.81. The van der Waals surface area contributed by atoms with E-state index in [9.17, 15) is 4.79 Å². The first-order valence-electron chi connectivity index (χ1n) is 7.52. The molecule has 0 bridgehead atoms. The van der Waals surface area contributed by atoms with Crippen LogP contribution in [0, 0.1) is 0 Å². The van der Waals surface area contributed by atoms with Crippen LogP contribution in [-0.2, 0) is 16.0 Å². The summed E-state index contributed by atoms with van der Waals surface area (Å²) in [5, 5.41) is 4.27. The Morgan fingerprint density at radius 3 is 3.05 bits per heavy atom. The van der Waals surface area contributed by atoms with Gasteiger partial charge in [0.15, 0.2) is 0 Å². The van der Waals surface area contributed by atoms with Crippen LogP contribution in [0.1, 0.15) is 32.3 Å². The highest BCUT2D eigenvalue weighted by Gasteiger charge is 2.29. The van der Waals surface area contributed by atoms with Crippen molar-refractivity contribution in [2.24, 2.45) is 0 Å². The first-order valence-corrected chi connectivity index (χ1v) is 7.52. The Bertz CT molecular complexity index is 645. The normalized spacial score (nSPS) is 21.3. The molecule has 3 rings (SSSR count). The van der Waals surface area contributed by atoms with Crippen LogP contribution in [0.4, 0.5) is 0 Å². The number of hydrogen-bond acceptors (Lipinski definition) is 2. The Morgan fingerprint density at radius 2 is 2.24 bits per heavy atom. The van der Waals surface area contributed by atoms with Gasteiger partial charge in [-0.1, -0.05) is 18.2 Å². The number of ether oxygens (including phenoxy) is 1. The van der Waals surface area contributed by atoms with Gasteiger partial charge in [0.25, 0.3) is 0 Å². The van der Waals surface area contributed by atoms with E-state index in [-0.39, 0.29) is 17.6 Å². The van der Waals surface area contributed by atoms with Gasteiger partial charge >= 0.3 is 0 Å². The topological polar surface area (TPSA) is 54.1 Å². The van der Waals surface area contributed by atoms with Crippen molar-refractivity contribution in [1.82, 2.24) is 10.3 Å². The number of amides is 1. The molecule has 2 heterocycles. The van der Waals surface area contributed by atoms with Crippen molar-refractivity contribution < 1.29 is 9.53 Å². The van der Waals surface area contributed by atoms with Gasteiger partial charge < -0.3 is 15.0 Å². The monoisotopic (exact) mass is 286 g/mol. The predicted molar refractivity (Wildman–Crippen MR) is 83.2 cm³/mol. The minimum atomic E-state index is -0.142. The lowest BCUT2D eigenvalue weighted by Crippen LogP contribution is -2.46. The second kappa shape index (κ2) is 5.53. The molecule has 0 spiro atoms. The second-order valence-electron chi connectivity index (χ2n) is 6.40. The van der Waals surface area contributed by atoms with Crippen LogP contribution in [0.3, 0.4) is 0 Å². The van der Waals surface area contributed by atoms with Gasteiger partial charge in [-0.05, 0) is 38.3 Å². The van der Waals surface area contributed by atoms with E-state index in [4.69, 9.17) is 4.74 Å². The molecular weight excluding hydrogens is 264 g/mol. The molecule has 1 fully saturated rings. The van der Waals surface area contributed by atoms with Gasteiger partial charge in [-0.2, -0.15) is 0 Å². The molecule has 1 unspecified atom stereocenters. The zero-order valence-electron chi connectivity index (χ0n) is 12.6. The number of hydrogen-bond donors (Lipinski definition) is 2.